The number of aryl methyl sites for hydroxylation is 2. The van der Waals surface area contributed by atoms with Crippen molar-refractivity contribution in [1.82, 2.24) is 14.8 Å². The highest BCUT2D eigenvalue weighted by molar-refractivity contribution is 6.04. The molecule has 0 aliphatic heterocycles. The van der Waals surface area contributed by atoms with Crippen molar-refractivity contribution >= 4 is 17.7 Å². The summed E-state index contributed by atoms with van der Waals surface area (Å²) in [5.74, 6) is -1.53. The number of hydrogen-bond donors (Lipinski definition) is 1. The first-order valence-electron chi connectivity index (χ1n) is 9.97. The number of nitrogens with one attached hydrogen (secondary N) is 1. The maximum atomic E-state index is 12.9. The molecule has 1 N–H and O–H groups in total. The van der Waals surface area contributed by atoms with E-state index in [1.54, 1.807) is 55.9 Å². The van der Waals surface area contributed by atoms with E-state index in [9.17, 15) is 14.4 Å². The number of esters is 2. The van der Waals surface area contributed by atoms with Gasteiger partial charge in [-0.2, -0.15) is 5.10 Å². The average Bonchev–Trinajstić information content (AvgIpc) is 3.30. The molecule has 3 rings (SSSR count). The molecule has 8 nitrogen and oxygen atoms in total. The summed E-state index contributed by atoms with van der Waals surface area (Å²) in [5, 5.41) is 4.23. The molecule has 8 heteroatoms. The molecule has 0 unspecified atom stereocenters. The highest BCUT2D eigenvalue weighted by atomic mass is 16.5. The van der Waals surface area contributed by atoms with Crippen LogP contribution < -0.4 is 0 Å². The second-order valence-electron chi connectivity index (χ2n) is 7.19. The molecule has 31 heavy (non-hydrogen) atoms. The fourth-order valence-electron chi connectivity index (χ4n) is 3.37. The molecular formula is C23H25N3O5. The number of hydrogen-bond acceptors (Lipinski definition) is 6. The second-order valence-corrected chi connectivity index (χ2v) is 7.19. The molecule has 0 spiro atoms. The van der Waals surface area contributed by atoms with Gasteiger partial charge in [0.1, 0.15) is 0 Å². The Bertz CT molecular complexity index is 1120. The van der Waals surface area contributed by atoms with Crippen LogP contribution in [0.4, 0.5) is 0 Å². The van der Waals surface area contributed by atoms with Gasteiger partial charge in [-0.3, -0.25) is 4.79 Å². The Hall–Kier alpha value is -3.68. The summed E-state index contributed by atoms with van der Waals surface area (Å²) in [5.41, 5.74) is 3.66. The van der Waals surface area contributed by atoms with Gasteiger partial charge in [-0.05, 0) is 70.5 Å². The number of rotatable bonds is 7. The fraction of sp³-hybridized carbons (Fsp3) is 0.304. The molecule has 2 heterocycles. The summed E-state index contributed by atoms with van der Waals surface area (Å²) >= 11 is 0. The fourth-order valence-corrected chi connectivity index (χ4v) is 3.37. The largest absolute Gasteiger partial charge is 0.462 e. The molecule has 0 fully saturated rings. The normalized spacial score (nSPS) is 11.8. The third-order valence-corrected chi connectivity index (χ3v) is 5.00. The zero-order valence-corrected chi connectivity index (χ0v) is 18.2. The number of Topliss-reactive ketones (excluding diaryl/α,β-unsaturated/α-hetero) is 1. The van der Waals surface area contributed by atoms with E-state index in [0.29, 0.717) is 22.4 Å². The van der Waals surface area contributed by atoms with Crippen LogP contribution in [0.2, 0.25) is 0 Å². The third-order valence-electron chi connectivity index (χ3n) is 5.00. The highest BCUT2D eigenvalue weighted by Gasteiger charge is 2.27. The molecule has 0 amide bonds. The van der Waals surface area contributed by atoms with Crippen molar-refractivity contribution in [3.05, 3.63) is 70.3 Å². The van der Waals surface area contributed by atoms with Crippen molar-refractivity contribution < 1.29 is 23.9 Å². The Morgan fingerprint density at radius 2 is 1.74 bits per heavy atom. The van der Waals surface area contributed by atoms with Crippen LogP contribution in [0.5, 0.6) is 0 Å². The van der Waals surface area contributed by atoms with Crippen LogP contribution in [-0.2, 0) is 9.47 Å². The molecule has 2 aromatic heterocycles. The Morgan fingerprint density at radius 3 is 2.32 bits per heavy atom. The Balaban J connectivity index is 1.73. The van der Waals surface area contributed by atoms with Crippen LogP contribution >= 0.6 is 0 Å². The minimum atomic E-state index is -1.03. The van der Waals surface area contributed by atoms with E-state index in [1.807, 2.05) is 13.0 Å². The van der Waals surface area contributed by atoms with Crippen LogP contribution in [-0.4, -0.2) is 45.2 Å². The molecular weight excluding hydrogens is 398 g/mol. The van der Waals surface area contributed by atoms with Gasteiger partial charge in [-0.25, -0.2) is 14.3 Å². The third kappa shape index (κ3) is 4.42. The van der Waals surface area contributed by atoms with Crippen molar-refractivity contribution in [3.63, 3.8) is 0 Å². The molecule has 0 aliphatic carbocycles. The van der Waals surface area contributed by atoms with Crippen molar-refractivity contribution in [2.45, 2.75) is 40.7 Å². The van der Waals surface area contributed by atoms with Gasteiger partial charge in [-0.15, -0.1) is 0 Å². The van der Waals surface area contributed by atoms with Crippen molar-refractivity contribution in [3.8, 4) is 5.69 Å². The number of ketones is 1. The average molecular weight is 423 g/mol. The monoisotopic (exact) mass is 423 g/mol. The van der Waals surface area contributed by atoms with Gasteiger partial charge in [0.25, 0.3) is 0 Å². The Morgan fingerprint density at radius 1 is 1.06 bits per heavy atom. The summed E-state index contributed by atoms with van der Waals surface area (Å²) < 4.78 is 12.2. The predicted molar refractivity (Wildman–Crippen MR) is 114 cm³/mol. The van der Waals surface area contributed by atoms with Crippen LogP contribution in [0.15, 0.2) is 36.5 Å². The van der Waals surface area contributed by atoms with E-state index in [0.717, 1.165) is 11.4 Å². The lowest BCUT2D eigenvalue weighted by molar-refractivity contribution is 0.0316. The summed E-state index contributed by atoms with van der Waals surface area (Å²) in [6.07, 6.45) is 0.662. The standard InChI is InChI=1S/C23H25N3O5/c1-6-30-23(29)19-14(3)20(25-15(19)4)21(27)16(5)31-22(28)17-7-9-18(10-8-17)26-13(2)11-12-24-26/h7-12,16,25H,6H2,1-5H3/t16-/m1/s1. The minimum absolute atomic E-state index is 0.227. The number of carbonyl (C=O) groups is 3. The Labute approximate surface area is 180 Å². The van der Waals surface area contributed by atoms with E-state index < -0.39 is 23.8 Å². The molecule has 0 saturated carbocycles. The number of nitrogens with zero attached hydrogens (tertiary/aromatic N) is 2. The van der Waals surface area contributed by atoms with Crippen LogP contribution in [0.25, 0.3) is 5.69 Å². The van der Waals surface area contributed by atoms with Gasteiger partial charge >= 0.3 is 11.9 Å². The van der Waals surface area contributed by atoms with Gasteiger partial charge < -0.3 is 14.5 Å². The number of aromatic nitrogens is 3. The Kier molecular flexibility index (Phi) is 6.39. The van der Waals surface area contributed by atoms with E-state index in [4.69, 9.17) is 9.47 Å². The number of aromatic amines is 1. The predicted octanol–water partition coefficient (Wildman–Crippen LogP) is 3.73. The first kappa shape index (κ1) is 22.0. The van der Waals surface area contributed by atoms with Crippen LogP contribution in [0, 0.1) is 20.8 Å². The quantitative estimate of drug-likeness (QED) is 0.459. The van der Waals surface area contributed by atoms with Crippen LogP contribution in [0.1, 0.15) is 62.0 Å². The molecule has 0 radical (unpaired) electrons. The van der Waals surface area contributed by atoms with Crippen molar-refractivity contribution in [2.75, 3.05) is 6.61 Å². The molecule has 0 aliphatic rings. The molecule has 1 aromatic carbocycles. The van der Waals surface area contributed by atoms with Gasteiger partial charge in [-0.1, -0.05) is 0 Å². The van der Waals surface area contributed by atoms with E-state index in [2.05, 4.69) is 10.1 Å². The summed E-state index contributed by atoms with van der Waals surface area (Å²) in [7, 11) is 0. The lowest BCUT2D eigenvalue weighted by Gasteiger charge is -2.13. The first-order chi connectivity index (χ1) is 14.7. The number of benzene rings is 1. The molecule has 1 atom stereocenters. The van der Waals surface area contributed by atoms with E-state index in [1.165, 1.54) is 6.92 Å². The minimum Gasteiger partial charge on any atom is -0.462 e. The highest BCUT2D eigenvalue weighted by Crippen LogP contribution is 2.21. The van der Waals surface area contributed by atoms with Crippen molar-refractivity contribution in [1.29, 1.82) is 0 Å². The molecule has 0 saturated heterocycles. The number of H-pyrrole nitrogens is 1. The molecule has 162 valence electrons. The maximum Gasteiger partial charge on any atom is 0.340 e. The lowest BCUT2D eigenvalue weighted by Crippen LogP contribution is -2.25. The van der Waals surface area contributed by atoms with E-state index in [-0.39, 0.29) is 12.3 Å². The second kappa shape index (κ2) is 8.99. The van der Waals surface area contributed by atoms with Crippen molar-refractivity contribution in [2.24, 2.45) is 0 Å². The van der Waals surface area contributed by atoms with Gasteiger partial charge in [0, 0.05) is 17.6 Å². The van der Waals surface area contributed by atoms with E-state index >= 15 is 0 Å². The van der Waals surface area contributed by atoms with Crippen LogP contribution in [0.3, 0.4) is 0 Å². The smallest absolute Gasteiger partial charge is 0.340 e. The topological polar surface area (TPSA) is 103 Å². The summed E-state index contributed by atoms with van der Waals surface area (Å²) in [4.78, 5) is 40.4. The number of carbonyl (C=O) groups excluding carboxylic acids is 3. The van der Waals surface area contributed by atoms with Gasteiger partial charge in [0.05, 0.1) is 29.1 Å². The molecule has 3 aromatic rings. The summed E-state index contributed by atoms with van der Waals surface area (Å²) in [6, 6.07) is 8.64. The SMILES string of the molecule is CCOC(=O)c1c(C)[nH]c(C(=O)[C@@H](C)OC(=O)c2ccc(-n3nccc3C)cc2)c1C. The lowest BCUT2D eigenvalue weighted by atomic mass is 10.1. The zero-order valence-electron chi connectivity index (χ0n) is 18.2. The van der Waals surface area contributed by atoms with Gasteiger partial charge in [0.15, 0.2) is 6.10 Å². The zero-order chi connectivity index (χ0) is 22.7. The number of ether oxygens (including phenoxy) is 2. The maximum absolute atomic E-state index is 12.9. The summed E-state index contributed by atoms with van der Waals surface area (Å²) in [6.45, 7) is 8.73. The molecule has 0 bridgehead atoms. The van der Waals surface area contributed by atoms with Gasteiger partial charge in [0.2, 0.25) is 5.78 Å². The first-order valence-corrected chi connectivity index (χ1v) is 9.97.